The van der Waals surface area contributed by atoms with E-state index in [9.17, 15) is 9.59 Å². The molecule has 1 saturated carbocycles. The van der Waals surface area contributed by atoms with E-state index in [1.807, 2.05) is 31.2 Å². The zero-order valence-corrected chi connectivity index (χ0v) is 15.2. The predicted octanol–water partition coefficient (Wildman–Crippen LogP) is 4.34. The minimum absolute atomic E-state index is 0.270. The van der Waals surface area contributed by atoms with Gasteiger partial charge >= 0.3 is 0 Å². The molecule has 1 fully saturated rings. The van der Waals surface area contributed by atoms with Crippen LogP contribution in [0.15, 0.2) is 42.5 Å². The number of aryl methyl sites for hydroxylation is 1. The third-order valence-electron chi connectivity index (χ3n) is 4.39. The number of para-hydroxylation sites is 1. The lowest BCUT2D eigenvalue weighted by Gasteiger charge is -2.17. The van der Waals surface area contributed by atoms with Crippen molar-refractivity contribution in [3.63, 3.8) is 0 Å². The normalized spacial score (nSPS) is 14.7. The summed E-state index contributed by atoms with van der Waals surface area (Å²) in [7, 11) is 0. The van der Waals surface area contributed by atoms with Gasteiger partial charge in [-0.2, -0.15) is 0 Å². The van der Waals surface area contributed by atoms with E-state index in [0.29, 0.717) is 35.1 Å². The van der Waals surface area contributed by atoms with Crippen molar-refractivity contribution in [3.8, 4) is 0 Å². The Bertz CT molecular complexity index is 794. The first-order chi connectivity index (χ1) is 11.9. The first kappa shape index (κ1) is 17.8. The van der Waals surface area contributed by atoms with Crippen molar-refractivity contribution < 1.29 is 9.59 Å². The number of carbonyl (C=O) groups is 2. The number of hydrogen-bond acceptors (Lipinski definition) is 2. The highest BCUT2D eigenvalue weighted by molar-refractivity contribution is 6.40. The van der Waals surface area contributed by atoms with Crippen LogP contribution in [-0.4, -0.2) is 11.8 Å². The highest BCUT2D eigenvalue weighted by atomic mass is 35.5. The molecule has 130 valence electrons. The zero-order chi connectivity index (χ0) is 18.0. The van der Waals surface area contributed by atoms with Crippen LogP contribution in [0.1, 0.15) is 24.0 Å². The smallest absolute Gasteiger partial charge is 0.240 e. The third kappa shape index (κ3) is 3.80. The molecule has 0 spiro atoms. The molecule has 1 aliphatic rings. The summed E-state index contributed by atoms with van der Waals surface area (Å²) in [5, 5.41) is 6.24. The summed E-state index contributed by atoms with van der Waals surface area (Å²) in [6.07, 6.45) is 1.03. The number of hydrogen-bond donors (Lipinski definition) is 2. The Morgan fingerprint density at radius 2 is 1.60 bits per heavy atom. The topological polar surface area (TPSA) is 58.2 Å². The maximum Gasteiger partial charge on any atom is 0.240 e. The molecule has 6 heteroatoms. The van der Waals surface area contributed by atoms with Crippen LogP contribution in [0.25, 0.3) is 0 Å². The molecule has 2 aromatic carbocycles. The second-order valence-electron chi connectivity index (χ2n) is 6.30. The number of amides is 2. The molecule has 2 aromatic rings. The van der Waals surface area contributed by atoms with Crippen molar-refractivity contribution in [2.75, 3.05) is 5.32 Å². The van der Waals surface area contributed by atoms with Crippen LogP contribution >= 0.6 is 23.2 Å². The fraction of sp³-hybridized carbons (Fsp3) is 0.263. The Labute approximate surface area is 156 Å². The Balaban J connectivity index is 1.65. The van der Waals surface area contributed by atoms with Crippen LogP contribution in [0.2, 0.25) is 10.0 Å². The molecule has 2 amide bonds. The number of halogens is 2. The minimum Gasteiger partial charge on any atom is -0.351 e. The molecule has 0 bridgehead atoms. The molecular weight excluding hydrogens is 359 g/mol. The zero-order valence-electron chi connectivity index (χ0n) is 13.7. The van der Waals surface area contributed by atoms with E-state index < -0.39 is 5.41 Å². The van der Waals surface area contributed by atoms with Gasteiger partial charge in [-0.05, 0) is 37.5 Å². The van der Waals surface area contributed by atoms with Crippen LogP contribution in [0.5, 0.6) is 0 Å². The van der Waals surface area contributed by atoms with Gasteiger partial charge in [0.05, 0.1) is 15.7 Å². The van der Waals surface area contributed by atoms with Crippen molar-refractivity contribution in [3.05, 3.63) is 63.6 Å². The third-order valence-corrected chi connectivity index (χ3v) is 5.02. The lowest BCUT2D eigenvalue weighted by molar-refractivity contribution is -0.134. The minimum atomic E-state index is -1.03. The first-order valence-corrected chi connectivity index (χ1v) is 8.77. The van der Waals surface area contributed by atoms with Crippen LogP contribution in [0.3, 0.4) is 0 Å². The van der Waals surface area contributed by atoms with Crippen LogP contribution in [-0.2, 0) is 16.1 Å². The van der Waals surface area contributed by atoms with E-state index in [1.165, 1.54) is 0 Å². The summed E-state index contributed by atoms with van der Waals surface area (Å²) >= 11 is 12.2. The quantitative estimate of drug-likeness (QED) is 0.762. The van der Waals surface area contributed by atoms with Gasteiger partial charge in [0.25, 0.3) is 0 Å². The average molecular weight is 377 g/mol. The van der Waals surface area contributed by atoms with Gasteiger partial charge in [0, 0.05) is 6.54 Å². The summed E-state index contributed by atoms with van der Waals surface area (Å²) < 4.78 is 0. The number of rotatable bonds is 5. The van der Waals surface area contributed by atoms with E-state index in [2.05, 4.69) is 10.6 Å². The van der Waals surface area contributed by atoms with E-state index >= 15 is 0 Å². The van der Waals surface area contributed by atoms with Crippen molar-refractivity contribution in [2.45, 2.75) is 26.3 Å². The molecule has 0 aromatic heterocycles. The van der Waals surface area contributed by atoms with Crippen molar-refractivity contribution in [2.24, 2.45) is 5.41 Å². The SMILES string of the molecule is Cc1ccc(CNC(=O)C2(C(=O)Nc3c(Cl)cccc3Cl)CC2)cc1. The molecule has 0 saturated heterocycles. The first-order valence-electron chi connectivity index (χ1n) is 8.02. The van der Waals surface area contributed by atoms with Gasteiger partial charge < -0.3 is 10.6 Å². The molecule has 25 heavy (non-hydrogen) atoms. The fourth-order valence-corrected chi connectivity index (χ4v) is 3.08. The Morgan fingerprint density at radius 3 is 2.16 bits per heavy atom. The average Bonchev–Trinajstić information content (AvgIpc) is 3.39. The molecule has 3 rings (SSSR count). The number of benzene rings is 2. The lowest BCUT2D eigenvalue weighted by Crippen LogP contribution is -2.39. The molecule has 0 heterocycles. The van der Waals surface area contributed by atoms with Gasteiger partial charge in [-0.15, -0.1) is 0 Å². The van der Waals surface area contributed by atoms with E-state index in [-0.39, 0.29) is 11.8 Å². The van der Waals surface area contributed by atoms with Crippen molar-refractivity contribution in [1.82, 2.24) is 5.32 Å². The predicted molar refractivity (Wildman–Crippen MR) is 99.8 cm³/mol. The summed E-state index contributed by atoms with van der Waals surface area (Å²) in [5.74, 6) is -0.641. The van der Waals surface area contributed by atoms with Crippen molar-refractivity contribution in [1.29, 1.82) is 0 Å². The van der Waals surface area contributed by atoms with Gasteiger partial charge in [0.1, 0.15) is 5.41 Å². The fourth-order valence-electron chi connectivity index (χ4n) is 2.59. The molecular formula is C19H18Cl2N2O2. The van der Waals surface area contributed by atoms with Crippen molar-refractivity contribution >= 4 is 40.7 Å². The monoisotopic (exact) mass is 376 g/mol. The highest BCUT2D eigenvalue weighted by Gasteiger charge is 2.56. The van der Waals surface area contributed by atoms with Crippen LogP contribution in [0, 0.1) is 12.3 Å². The highest BCUT2D eigenvalue weighted by Crippen LogP contribution is 2.47. The molecule has 1 aliphatic carbocycles. The second-order valence-corrected chi connectivity index (χ2v) is 7.12. The van der Waals surface area contributed by atoms with Crippen LogP contribution in [0.4, 0.5) is 5.69 Å². The maximum atomic E-state index is 12.6. The van der Waals surface area contributed by atoms with Gasteiger partial charge in [-0.25, -0.2) is 0 Å². The molecule has 4 nitrogen and oxygen atoms in total. The van der Waals surface area contributed by atoms with Gasteiger partial charge in [-0.3, -0.25) is 9.59 Å². The number of carbonyl (C=O) groups excluding carboxylic acids is 2. The molecule has 0 atom stereocenters. The molecule has 2 N–H and O–H groups in total. The molecule has 0 radical (unpaired) electrons. The molecule has 0 unspecified atom stereocenters. The summed E-state index contributed by atoms with van der Waals surface area (Å²) in [6, 6.07) is 12.9. The maximum absolute atomic E-state index is 12.6. The second kappa shape index (κ2) is 7.06. The van der Waals surface area contributed by atoms with Gasteiger partial charge in [0.15, 0.2) is 0 Å². The number of nitrogens with one attached hydrogen (secondary N) is 2. The standard InChI is InChI=1S/C19H18Cl2N2O2/c1-12-5-7-13(8-6-12)11-22-17(24)19(9-10-19)18(25)23-16-14(20)3-2-4-15(16)21/h2-8H,9-11H2,1H3,(H,22,24)(H,23,25). The lowest BCUT2D eigenvalue weighted by atomic mass is 10.0. The number of anilines is 1. The summed E-state index contributed by atoms with van der Waals surface area (Å²) in [5.41, 5.74) is 1.45. The van der Waals surface area contributed by atoms with Gasteiger partial charge in [0.2, 0.25) is 11.8 Å². The molecule has 0 aliphatic heterocycles. The Morgan fingerprint density at radius 1 is 1.00 bits per heavy atom. The van der Waals surface area contributed by atoms with E-state index in [0.717, 1.165) is 11.1 Å². The van der Waals surface area contributed by atoms with E-state index in [4.69, 9.17) is 23.2 Å². The summed E-state index contributed by atoms with van der Waals surface area (Å²) in [4.78, 5) is 25.1. The Hall–Kier alpha value is -2.04. The largest absolute Gasteiger partial charge is 0.351 e. The van der Waals surface area contributed by atoms with Crippen LogP contribution < -0.4 is 10.6 Å². The van der Waals surface area contributed by atoms with E-state index in [1.54, 1.807) is 18.2 Å². The van der Waals surface area contributed by atoms with Gasteiger partial charge in [-0.1, -0.05) is 59.1 Å². The Kier molecular flexibility index (Phi) is 5.02. The summed E-state index contributed by atoms with van der Waals surface area (Å²) in [6.45, 7) is 2.40.